The second-order valence-electron chi connectivity index (χ2n) is 7.98. The van der Waals surface area contributed by atoms with Gasteiger partial charge in [-0.1, -0.05) is 27.2 Å². The Kier molecular flexibility index (Phi) is 8.10. The summed E-state index contributed by atoms with van der Waals surface area (Å²) in [4.78, 5) is 25.1. The molecule has 156 valence electrons. The van der Waals surface area contributed by atoms with Crippen molar-refractivity contribution in [3.05, 3.63) is 0 Å². The average Bonchev–Trinajstić information content (AvgIpc) is 3.30. The lowest BCUT2D eigenvalue weighted by Crippen LogP contribution is -2.57. The Hall–Kier alpha value is -1.14. The van der Waals surface area contributed by atoms with E-state index < -0.39 is 0 Å². The number of nitrogens with zero attached hydrogens (tertiary/aromatic N) is 2. The zero-order chi connectivity index (χ0) is 20.0. The summed E-state index contributed by atoms with van der Waals surface area (Å²) < 4.78 is 10.8. The Morgan fingerprint density at radius 1 is 1.19 bits per heavy atom. The van der Waals surface area contributed by atoms with Crippen molar-refractivity contribution in [2.75, 3.05) is 27.3 Å². The van der Waals surface area contributed by atoms with E-state index in [1.165, 1.54) is 7.11 Å². The second-order valence-corrected chi connectivity index (χ2v) is 7.98. The Bertz CT molecular complexity index is 498. The summed E-state index contributed by atoms with van der Waals surface area (Å²) in [5.74, 6) is -0.0355. The number of hydrogen-bond acceptors (Lipinski definition) is 5. The van der Waals surface area contributed by atoms with Crippen molar-refractivity contribution in [2.45, 2.75) is 83.8 Å². The van der Waals surface area contributed by atoms with E-state index in [9.17, 15) is 9.59 Å². The molecule has 0 aromatic carbocycles. The van der Waals surface area contributed by atoms with Gasteiger partial charge in [0.1, 0.15) is 0 Å². The van der Waals surface area contributed by atoms with E-state index in [1.54, 1.807) is 7.11 Å². The molecule has 0 radical (unpaired) electrons. The molecule has 0 aromatic rings. The molecule has 6 heteroatoms. The predicted octanol–water partition coefficient (Wildman–Crippen LogP) is 3.40. The quantitative estimate of drug-likeness (QED) is 0.542. The highest BCUT2D eigenvalue weighted by molar-refractivity contribution is 5.81. The summed E-state index contributed by atoms with van der Waals surface area (Å²) in [5, 5.41) is 4.25. The van der Waals surface area contributed by atoms with Gasteiger partial charge in [0, 0.05) is 32.5 Å². The fraction of sp³-hybridized carbons (Fsp3) is 0.905. The van der Waals surface area contributed by atoms with E-state index in [0.29, 0.717) is 6.42 Å². The molecule has 0 aliphatic carbocycles. The maximum Gasteiger partial charge on any atom is 0.305 e. The highest BCUT2D eigenvalue weighted by Crippen LogP contribution is 2.39. The van der Waals surface area contributed by atoms with Crippen LogP contribution < -0.4 is 0 Å². The maximum absolute atomic E-state index is 13.3. The summed E-state index contributed by atoms with van der Waals surface area (Å²) in [6.07, 6.45) is 7.03. The van der Waals surface area contributed by atoms with Crippen LogP contribution in [0.3, 0.4) is 0 Å². The van der Waals surface area contributed by atoms with Crippen LogP contribution in [0.15, 0.2) is 0 Å². The van der Waals surface area contributed by atoms with Gasteiger partial charge in [-0.2, -0.15) is 0 Å². The molecule has 27 heavy (non-hydrogen) atoms. The van der Waals surface area contributed by atoms with Crippen LogP contribution in [-0.2, 0) is 19.1 Å². The van der Waals surface area contributed by atoms with Gasteiger partial charge in [0.15, 0.2) is 0 Å². The molecule has 2 heterocycles. The van der Waals surface area contributed by atoms with Crippen LogP contribution >= 0.6 is 0 Å². The number of hydrazine groups is 1. The number of carbonyl (C=O) groups excluding carboxylic acids is 2. The number of esters is 1. The molecule has 0 aromatic heterocycles. The summed E-state index contributed by atoms with van der Waals surface area (Å²) in [6.45, 7) is 8.10. The molecular weight excluding hydrogens is 344 g/mol. The van der Waals surface area contributed by atoms with Crippen LogP contribution in [0.1, 0.15) is 72.1 Å². The molecule has 0 unspecified atom stereocenters. The van der Waals surface area contributed by atoms with E-state index in [0.717, 1.165) is 58.0 Å². The first-order valence-electron chi connectivity index (χ1n) is 10.7. The van der Waals surface area contributed by atoms with Gasteiger partial charge in [0.2, 0.25) is 5.91 Å². The first kappa shape index (κ1) is 22.2. The van der Waals surface area contributed by atoms with Crippen LogP contribution in [0.2, 0.25) is 0 Å². The molecule has 2 saturated heterocycles. The Labute approximate surface area is 164 Å². The minimum Gasteiger partial charge on any atom is -0.469 e. The van der Waals surface area contributed by atoms with E-state index in [1.807, 2.05) is 5.01 Å². The minimum atomic E-state index is -0.214. The van der Waals surface area contributed by atoms with Crippen molar-refractivity contribution < 1.29 is 19.1 Å². The second kappa shape index (κ2) is 9.87. The van der Waals surface area contributed by atoms with Crippen molar-refractivity contribution >= 4 is 11.9 Å². The fourth-order valence-corrected chi connectivity index (χ4v) is 5.21. The van der Waals surface area contributed by atoms with Crippen molar-refractivity contribution in [3.8, 4) is 0 Å². The van der Waals surface area contributed by atoms with E-state index >= 15 is 0 Å². The van der Waals surface area contributed by atoms with Crippen LogP contribution in [-0.4, -0.2) is 60.8 Å². The monoisotopic (exact) mass is 382 g/mol. The molecule has 3 atom stereocenters. The van der Waals surface area contributed by atoms with Crippen LogP contribution in [0, 0.1) is 11.8 Å². The van der Waals surface area contributed by atoms with Gasteiger partial charge in [-0.05, 0) is 44.4 Å². The molecular formula is C21H38N2O4. The molecule has 1 amide bonds. The lowest BCUT2D eigenvalue weighted by atomic mass is 9.85. The predicted molar refractivity (Wildman–Crippen MR) is 105 cm³/mol. The zero-order valence-electron chi connectivity index (χ0n) is 17.8. The lowest BCUT2D eigenvalue weighted by molar-refractivity contribution is -0.163. The third kappa shape index (κ3) is 4.48. The Morgan fingerprint density at radius 2 is 1.89 bits per heavy atom. The van der Waals surface area contributed by atoms with E-state index in [2.05, 4.69) is 25.8 Å². The fourth-order valence-electron chi connectivity index (χ4n) is 5.21. The first-order chi connectivity index (χ1) is 13.0. The van der Waals surface area contributed by atoms with Crippen LogP contribution in [0.25, 0.3) is 0 Å². The molecule has 2 aliphatic rings. The number of ether oxygens (including phenoxy) is 2. The summed E-state index contributed by atoms with van der Waals surface area (Å²) >= 11 is 0. The molecule has 6 nitrogen and oxygen atoms in total. The smallest absolute Gasteiger partial charge is 0.305 e. The standard InChI is InChI=1S/C21H38N2O4/c1-6-10-16(15-19(24)26-4)17-12-14-23(20(17)25)22-13-9-11-18(22)21(7-2,8-3)27-5/h16-18H,6-15H2,1-5H3/t16-,17-,18+/m1/s1. The van der Waals surface area contributed by atoms with E-state index in [-0.39, 0.29) is 35.4 Å². The first-order valence-corrected chi connectivity index (χ1v) is 10.7. The molecule has 0 N–H and O–H groups in total. The summed E-state index contributed by atoms with van der Waals surface area (Å²) in [5.41, 5.74) is -0.205. The molecule has 0 bridgehead atoms. The van der Waals surface area contributed by atoms with Crippen molar-refractivity contribution in [2.24, 2.45) is 11.8 Å². The molecule has 2 aliphatic heterocycles. The topological polar surface area (TPSA) is 59.1 Å². The molecule has 0 saturated carbocycles. The summed E-state index contributed by atoms with van der Waals surface area (Å²) in [6, 6.07) is 0.241. The number of hydrogen-bond donors (Lipinski definition) is 0. The molecule has 2 rings (SSSR count). The van der Waals surface area contributed by atoms with Gasteiger partial charge < -0.3 is 9.47 Å². The number of rotatable bonds is 10. The SMILES string of the molecule is CCC[C@H](CC(=O)OC)[C@H]1CCN(N2CCC[C@H]2C(CC)(CC)OC)C1=O. The van der Waals surface area contributed by atoms with Gasteiger partial charge in [0.25, 0.3) is 0 Å². The van der Waals surface area contributed by atoms with Gasteiger partial charge in [-0.15, -0.1) is 0 Å². The third-order valence-electron chi connectivity index (χ3n) is 6.85. The molecule has 2 fully saturated rings. The van der Waals surface area contributed by atoms with Crippen LogP contribution in [0.4, 0.5) is 0 Å². The molecule has 0 spiro atoms. The highest BCUT2D eigenvalue weighted by Gasteiger charge is 2.48. The van der Waals surface area contributed by atoms with Gasteiger partial charge in [-0.25, -0.2) is 5.01 Å². The van der Waals surface area contributed by atoms with Gasteiger partial charge >= 0.3 is 5.97 Å². The van der Waals surface area contributed by atoms with Crippen molar-refractivity contribution in [1.29, 1.82) is 0 Å². The van der Waals surface area contributed by atoms with E-state index in [4.69, 9.17) is 9.47 Å². The van der Waals surface area contributed by atoms with Gasteiger partial charge in [-0.3, -0.25) is 14.6 Å². The maximum atomic E-state index is 13.3. The van der Waals surface area contributed by atoms with Crippen LogP contribution in [0.5, 0.6) is 0 Å². The summed E-state index contributed by atoms with van der Waals surface area (Å²) in [7, 11) is 3.22. The number of amides is 1. The van der Waals surface area contributed by atoms with Crippen molar-refractivity contribution in [3.63, 3.8) is 0 Å². The third-order valence-corrected chi connectivity index (χ3v) is 6.85. The van der Waals surface area contributed by atoms with Gasteiger partial charge in [0.05, 0.1) is 18.8 Å². The van der Waals surface area contributed by atoms with Crippen molar-refractivity contribution in [1.82, 2.24) is 10.0 Å². The number of methoxy groups -OCH3 is 2. The lowest BCUT2D eigenvalue weighted by Gasteiger charge is -2.44. The largest absolute Gasteiger partial charge is 0.469 e. The Balaban J connectivity index is 2.15. The minimum absolute atomic E-state index is 0.0746. The zero-order valence-corrected chi connectivity index (χ0v) is 17.8. The Morgan fingerprint density at radius 3 is 2.44 bits per heavy atom. The average molecular weight is 383 g/mol. The highest BCUT2D eigenvalue weighted by atomic mass is 16.5. The normalized spacial score (nSPS) is 25.2. The number of carbonyl (C=O) groups is 2.